The number of carbonyl (C=O) groups is 1. The first-order chi connectivity index (χ1) is 10.4. The lowest BCUT2D eigenvalue weighted by atomic mass is 9.88. The van der Waals surface area contributed by atoms with E-state index in [1.807, 2.05) is 43.5 Å². The average Bonchev–Trinajstić information content (AvgIpc) is 2.93. The fourth-order valence-corrected chi connectivity index (χ4v) is 2.84. The zero-order valence-electron chi connectivity index (χ0n) is 13.5. The maximum absolute atomic E-state index is 12.5. The molecule has 0 aliphatic heterocycles. The van der Waals surface area contributed by atoms with Crippen molar-refractivity contribution in [3.05, 3.63) is 40.9 Å². The molecule has 2 rings (SSSR count). The summed E-state index contributed by atoms with van der Waals surface area (Å²) >= 11 is 1.58. The number of benzene rings is 1. The number of nitrogens with one attached hydrogen (secondary N) is 1. The lowest BCUT2D eigenvalue weighted by Gasteiger charge is -2.33. The fraction of sp³-hybridized carbons (Fsp3) is 0.412. The van der Waals surface area contributed by atoms with Crippen LogP contribution in [-0.2, 0) is 0 Å². The predicted molar refractivity (Wildman–Crippen MR) is 92.1 cm³/mol. The maximum atomic E-state index is 12.5. The standard InChI is InChI=1S/C17H23N3OS/c1-11(2)17(4,10-18)20-15(21)13-6-5-7-14(8-13)16-19-12(3)9-22-16/h5-9,11H,10,18H2,1-4H3,(H,20,21). The Balaban J connectivity index is 2.24. The number of carbonyl (C=O) groups excluding carboxylic acids is 1. The van der Waals surface area contributed by atoms with E-state index >= 15 is 0 Å². The van der Waals surface area contributed by atoms with Gasteiger partial charge >= 0.3 is 0 Å². The van der Waals surface area contributed by atoms with Crippen molar-refractivity contribution in [2.24, 2.45) is 11.7 Å². The molecular formula is C17H23N3OS. The monoisotopic (exact) mass is 317 g/mol. The molecule has 0 aliphatic carbocycles. The van der Waals surface area contributed by atoms with Crippen molar-refractivity contribution in [3.8, 4) is 10.6 Å². The lowest BCUT2D eigenvalue weighted by molar-refractivity contribution is 0.0883. The molecule has 0 saturated carbocycles. The van der Waals surface area contributed by atoms with E-state index in [0.717, 1.165) is 16.3 Å². The summed E-state index contributed by atoms with van der Waals surface area (Å²) in [7, 11) is 0. The molecular weight excluding hydrogens is 294 g/mol. The van der Waals surface area contributed by atoms with Crippen molar-refractivity contribution >= 4 is 17.2 Å². The van der Waals surface area contributed by atoms with Gasteiger partial charge in [0.2, 0.25) is 0 Å². The van der Waals surface area contributed by atoms with Crippen LogP contribution in [0.2, 0.25) is 0 Å². The molecule has 3 N–H and O–H groups in total. The first kappa shape index (κ1) is 16.6. The first-order valence-corrected chi connectivity index (χ1v) is 8.29. The van der Waals surface area contributed by atoms with Gasteiger partial charge in [-0.1, -0.05) is 26.0 Å². The quantitative estimate of drug-likeness (QED) is 0.889. The average molecular weight is 317 g/mol. The number of nitrogens with two attached hydrogens (primary N) is 1. The van der Waals surface area contributed by atoms with Crippen LogP contribution in [-0.4, -0.2) is 23.0 Å². The van der Waals surface area contributed by atoms with Gasteiger partial charge in [-0.05, 0) is 31.9 Å². The Morgan fingerprint density at radius 1 is 1.45 bits per heavy atom. The van der Waals surface area contributed by atoms with Crippen molar-refractivity contribution in [1.29, 1.82) is 0 Å². The highest BCUT2D eigenvalue weighted by Gasteiger charge is 2.28. The van der Waals surface area contributed by atoms with Gasteiger partial charge in [-0.15, -0.1) is 11.3 Å². The van der Waals surface area contributed by atoms with E-state index in [2.05, 4.69) is 24.1 Å². The SMILES string of the molecule is Cc1csc(-c2cccc(C(=O)NC(C)(CN)C(C)C)c2)n1. The highest BCUT2D eigenvalue weighted by Crippen LogP contribution is 2.24. The van der Waals surface area contributed by atoms with Crippen LogP contribution < -0.4 is 11.1 Å². The molecule has 0 spiro atoms. The normalized spacial score (nSPS) is 13.9. The molecule has 1 aromatic heterocycles. The van der Waals surface area contributed by atoms with Crippen molar-refractivity contribution in [3.63, 3.8) is 0 Å². The Kier molecular flexibility index (Phi) is 4.98. The van der Waals surface area contributed by atoms with Crippen molar-refractivity contribution < 1.29 is 4.79 Å². The number of rotatable bonds is 5. The van der Waals surface area contributed by atoms with Crippen molar-refractivity contribution in [2.45, 2.75) is 33.2 Å². The van der Waals surface area contributed by atoms with Crippen molar-refractivity contribution in [1.82, 2.24) is 10.3 Å². The summed E-state index contributed by atoms with van der Waals surface area (Å²) in [6.45, 7) is 8.46. The van der Waals surface area contributed by atoms with Crippen LogP contribution in [0.5, 0.6) is 0 Å². The van der Waals surface area contributed by atoms with E-state index in [0.29, 0.717) is 12.1 Å². The van der Waals surface area contributed by atoms with Crippen LogP contribution in [0.4, 0.5) is 0 Å². The molecule has 0 bridgehead atoms. The summed E-state index contributed by atoms with van der Waals surface area (Å²) in [5, 5.41) is 6.00. The van der Waals surface area contributed by atoms with Crippen LogP contribution in [0.25, 0.3) is 10.6 Å². The Morgan fingerprint density at radius 3 is 2.73 bits per heavy atom. The molecule has 1 atom stereocenters. The van der Waals surface area contributed by atoms with Crippen LogP contribution in [0.3, 0.4) is 0 Å². The first-order valence-electron chi connectivity index (χ1n) is 7.41. The van der Waals surface area contributed by atoms with Crippen LogP contribution in [0.15, 0.2) is 29.6 Å². The number of hydrogen-bond acceptors (Lipinski definition) is 4. The zero-order valence-corrected chi connectivity index (χ0v) is 14.3. The molecule has 1 heterocycles. The van der Waals surface area contributed by atoms with Gasteiger partial charge in [-0.25, -0.2) is 4.98 Å². The largest absolute Gasteiger partial charge is 0.345 e. The molecule has 4 nitrogen and oxygen atoms in total. The van der Waals surface area contributed by atoms with Crippen molar-refractivity contribution in [2.75, 3.05) is 6.54 Å². The third-order valence-corrected chi connectivity index (χ3v) is 5.10. The van der Waals surface area contributed by atoms with Crippen LogP contribution >= 0.6 is 11.3 Å². The van der Waals surface area contributed by atoms with E-state index in [1.165, 1.54) is 0 Å². The molecule has 0 radical (unpaired) electrons. The fourth-order valence-electron chi connectivity index (χ4n) is 2.04. The van der Waals surface area contributed by atoms with Gasteiger partial charge in [0.05, 0.1) is 5.54 Å². The second-order valence-electron chi connectivity index (χ2n) is 6.11. The molecule has 0 fully saturated rings. The van der Waals surface area contributed by atoms with E-state index in [4.69, 9.17) is 5.73 Å². The Bertz CT molecular complexity index is 665. The second-order valence-corrected chi connectivity index (χ2v) is 6.96. The molecule has 2 aromatic rings. The van der Waals surface area contributed by atoms with E-state index in [9.17, 15) is 4.79 Å². The van der Waals surface area contributed by atoms with Gasteiger partial charge in [-0.3, -0.25) is 4.79 Å². The molecule has 1 aromatic carbocycles. The number of thiazole rings is 1. The molecule has 118 valence electrons. The Morgan fingerprint density at radius 2 is 2.18 bits per heavy atom. The molecule has 22 heavy (non-hydrogen) atoms. The highest BCUT2D eigenvalue weighted by molar-refractivity contribution is 7.13. The van der Waals surface area contributed by atoms with E-state index < -0.39 is 5.54 Å². The summed E-state index contributed by atoms with van der Waals surface area (Å²) in [6.07, 6.45) is 0. The number of aryl methyl sites for hydroxylation is 1. The van der Waals surface area contributed by atoms with Gasteiger partial charge < -0.3 is 11.1 Å². The third kappa shape index (κ3) is 3.54. The van der Waals surface area contributed by atoms with E-state index in [-0.39, 0.29) is 11.8 Å². The number of amides is 1. The van der Waals surface area contributed by atoms with Gasteiger partial charge in [0.1, 0.15) is 5.01 Å². The molecule has 5 heteroatoms. The minimum atomic E-state index is -0.412. The van der Waals surface area contributed by atoms with Gasteiger partial charge in [0.15, 0.2) is 0 Å². The summed E-state index contributed by atoms with van der Waals surface area (Å²) in [5.74, 6) is 0.156. The molecule has 0 saturated heterocycles. The lowest BCUT2D eigenvalue weighted by Crippen LogP contribution is -2.55. The van der Waals surface area contributed by atoms with Crippen LogP contribution in [0.1, 0.15) is 36.8 Å². The number of aromatic nitrogens is 1. The van der Waals surface area contributed by atoms with Gasteiger partial charge in [0.25, 0.3) is 5.91 Å². The maximum Gasteiger partial charge on any atom is 0.251 e. The summed E-state index contributed by atoms with van der Waals surface area (Å²) in [5.41, 5.74) is 8.01. The van der Waals surface area contributed by atoms with E-state index in [1.54, 1.807) is 11.3 Å². The minimum Gasteiger partial charge on any atom is -0.345 e. The molecule has 1 unspecified atom stereocenters. The predicted octanol–water partition coefficient (Wildman–Crippen LogP) is 3.22. The van der Waals surface area contributed by atoms with Gasteiger partial charge in [0, 0.05) is 28.7 Å². The highest BCUT2D eigenvalue weighted by atomic mass is 32.1. The van der Waals surface area contributed by atoms with Crippen LogP contribution in [0, 0.1) is 12.8 Å². The minimum absolute atomic E-state index is 0.100. The summed E-state index contributed by atoms with van der Waals surface area (Å²) in [4.78, 5) is 17.0. The number of hydrogen-bond donors (Lipinski definition) is 2. The third-order valence-electron chi connectivity index (χ3n) is 4.09. The Hall–Kier alpha value is -1.72. The topological polar surface area (TPSA) is 68.0 Å². The zero-order chi connectivity index (χ0) is 16.3. The Labute approximate surface area is 135 Å². The smallest absolute Gasteiger partial charge is 0.251 e. The molecule has 1 amide bonds. The second kappa shape index (κ2) is 6.58. The summed E-state index contributed by atoms with van der Waals surface area (Å²) in [6, 6.07) is 7.55. The van der Waals surface area contributed by atoms with Gasteiger partial charge in [-0.2, -0.15) is 0 Å². The molecule has 0 aliphatic rings. The number of nitrogens with zero attached hydrogens (tertiary/aromatic N) is 1. The summed E-state index contributed by atoms with van der Waals surface area (Å²) < 4.78 is 0.